The monoisotopic (exact) mass is 305 g/mol. The first-order chi connectivity index (χ1) is 10.4. The van der Waals surface area contributed by atoms with Gasteiger partial charge in [-0.1, -0.05) is 19.9 Å². The Morgan fingerprint density at radius 2 is 2.09 bits per heavy atom. The van der Waals surface area contributed by atoms with Gasteiger partial charge in [0, 0.05) is 5.56 Å². The van der Waals surface area contributed by atoms with Crippen LogP contribution in [-0.2, 0) is 0 Å². The molecule has 1 aromatic heterocycles. The minimum atomic E-state index is -1.16. The molecule has 118 valence electrons. The maximum Gasteiger partial charge on any atom is 0.266 e. The van der Waals surface area contributed by atoms with Crippen molar-refractivity contribution in [1.29, 1.82) is 0 Å². The van der Waals surface area contributed by atoms with Crippen molar-refractivity contribution in [3.63, 3.8) is 0 Å². The van der Waals surface area contributed by atoms with Crippen LogP contribution in [0.3, 0.4) is 0 Å². The molecule has 0 radical (unpaired) electrons. The molecule has 0 atom stereocenters. The van der Waals surface area contributed by atoms with Crippen molar-refractivity contribution in [2.45, 2.75) is 32.4 Å². The first kappa shape index (κ1) is 14.8. The van der Waals surface area contributed by atoms with Crippen LogP contribution in [0.5, 0.6) is 5.75 Å². The predicted molar refractivity (Wildman–Crippen MR) is 82.1 cm³/mol. The molecule has 2 aromatic rings. The molecule has 1 fully saturated rings. The number of aromatic nitrogens is 2. The topological polar surface area (TPSA) is 51.4 Å². The highest BCUT2D eigenvalue weighted by Gasteiger charge is 2.41. The molecule has 6 heteroatoms. The fourth-order valence-corrected chi connectivity index (χ4v) is 2.67. The van der Waals surface area contributed by atoms with E-state index in [1.54, 1.807) is 18.9 Å². The second-order valence-electron chi connectivity index (χ2n) is 6.28. The lowest BCUT2D eigenvalue weighted by Gasteiger charge is -2.41. The van der Waals surface area contributed by atoms with E-state index >= 15 is 0 Å². The number of ether oxygens (including phenoxy) is 1. The summed E-state index contributed by atoms with van der Waals surface area (Å²) in [5.41, 5.74) is 0.758. The first-order valence-electron chi connectivity index (χ1n) is 7.35. The molecule has 0 N–H and O–H groups in total. The normalized spacial score (nSPS) is 16.7. The highest BCUT2D eigenvalue weighted by molar-refractivity contribution is 5.59. The Bertz CT molecular complexity index is 674. The third kappa shape index (κ3) is 2.65. The summed E-state index contributed by atoms with van der Waals surface area (Å²) < 4.78 is 24.3. The SMILES string of the molecule is COc1cc(-c2nc(N3CC(C)(F)C3)no2)ccc1C(C)C. The minimum absolute atomic E-state index is 0.293. The van der Waals surface area contributed by atoms with Crippen LogP contribution in [0, 0.1) is 0 Å². The summed E-state index contributed by atoms with van der Waals surface area (Å²) in [5, 5.41) is 3.93. The van der Waals surface area contributed by atoms with E-state index in [0.29, 0.717) is 30.8 Å². The molecule has 1 aliphatic rings. The molecule has 1 aromatic carbocycles. The van der Waals surface area contributed by atoms with Crippen LogP contribution in [0.4, 0.5) is 10.3 Å². The highest BCUT2D eigenvalue weighted by atomic mass is 19.1. The Morgan fingerprint density at radius 3 is 2.68 bits per heavy atom. The number of hydrogen-bond donors (Lipinski definition) is 0. The van der Waals surface area contributed by atoms with Crippen molar-refractivity contribution in [3.05, 3.63) is 23.8 Å². The molecule has 0 amide bonds. The molecule has 5 nitrogen and oxygen atoms in total. The quantitative estimate of drug-likeness (QED) is 0.866. The van der Waals surface area contributed by atoms with Gasteiger partial charge in [0.05, 0.1) is 20.2 Å². The standard InChI is InChI=1S/C16H20FN3O2/c1-10(2)12-6-5-11(7-13(12)21-4)14-18-15(19-22-14)20-8-16(3,17)9-20/h5-7,10H,8-9H2,1-4H3. The van der Waals surface area contributed by atoms with Crippen LogP contribution < -0.4 is 9.64 Å². The predicted octanol–water partition coefficient (Wildman–Crippen LogP) is 3.42. The zero-order valence-corrected chi connectivity index (χ0v) is 13.3. The van der Waals surface area contributed by atoms with Gasteiger partial charge >= 0.3 is 0 Å². The molecule has 0 saturated carbocycles. The lowest BCUT2D eigenvalue weighted by Crippen LogP contribution is -2.57. The van der Waals surface area contributed by atoms with Crippen LogP contribution >= 0.6 is 0 Å². The molecule has 0 spiro atoms. The van der Waals surface area contributed by atoms with Crippen LogP contribution in [0.1, 0.15) is 32.3 Å². The molecule has 1 aliphatic heterocycles. The fraction of sp³-hybridized carbons (Fsp3) is 0.500. The largest absolute Gasteiger partial charge is 0.496 e. The number of hydrogen-bond acceptors (Lipinski definition) is 5. The fourth-order valence-electron chi connectivity index (χ4n) is 2.67. The molecule has 0 bridgehead atoms. The maximum absolute atomic E-state index is 13.5. The average Bonchev–Trinajstić information content (AvgIpc) is 2.93. The van der Waals surface area contributed by atoms with Gasteiger partial charge < -0.3 is 14.2 Å². The Balaban J connectivity index is 1.84. The maximum atomic E-state index is 13.5. The summed E-state index contributed by atoms with van der Waals surface area (Å²) in [6.07, 6.45) is 0. The van der Waals surface area contributed by atoms with Crippen molar-refractivity contribution in [1.82, 2.24) is 10.1 Å². The Morgan fingerprint density at radius 1 is 1.36 bits per heavy atom. The van der Waals surface area contributed by atoms with Gasteiger partial charge in [0.1, 0.15) is 11.4 Å². The van der Waals surface area contributed by atoms with Gasteiger partial charge in [-0.15, -0.1) is 0 Å². The molecular weight excluding hydrogens is 285 g/mol. The number of anilines is 1. The number of alkyl halides is 1. The van der Waals surface area contributed by atoms with E-state index in [4.69, 9.17) is 9.26 Å². The second kappa shape index (κ2) is 5.26. The van der Waals surface area contributed by atoms with E-state index in [1.807, 2.05) is 18.2 Å². The Kier molecular flexibility index (Phi) is 3.54. The molecular formula is C16H20FN3O2. The van der Waals surface area contributed by atoms with Crippen LogP contribution in [0.15, 0.2) is 22.7 Å². The van der Waals surface area contributed by atoms with Gasteiger partial charge in [0.15, 0.2) is 0 Å². The van der Waals surface area contributed by atoms with Crippen LogP contribution in [0.2, 0.25) is 0 Å². The van der Waals surface area contributed by atoms with Gasteiger partial charge in [-0.05, 0) is 35.7 Å². The minimum Gasteiger partial charge on any atom is -0.496 e. The summed E-state index contributed by atoms with van der Waals surface area (Å²) in [6.45, 7) is 6.38. The molecule has 0 aliphatic carbocycles. The smallest absolute Gasteiger partial charge is 0.266 e. The van der Waals surface area contributed by atoms with E-state index in [9.17, 15) is 4.39 Å². The number of methoxy groups -OCH3 is 1. The lowest BCUT2D eigenvalue weighted by atomic mass is 10.00. The number of halogens is 1. The van der Waals surface area contributed by atoms with E-state index in [0.717, 1.165) is 16.9 Å². The number of rotatable bonds is 4. The zero-order valence-electron chi connectivity index (χ0n) is 13.3. The summed E-state index contributed by atoms with van der Waals surface area (Å²) in [7, 11) is 1.65. The van der Waals surface area contributed by atoms with Gasteiger partial charge in [0.25, 0.3) is 11.8 Å². The molecule has 1 saturated heterocycles. The van der Waals surface area contributed by atoms with Gasteiger partial charge in [-0.3, -0.25) is 0 Å². The van der Waals surface area contributed by atoms with Gasteiger partial charge in [-0.25, -0.2) is 4.39 Å². The summed E-state index contributed by atoms with van der Waals surface area (Å²) in [5.74, 6) is 2.01. The van der Waals surface area contributed by atoms with E-state index in [-0.39, 0.29) is 0 Å². The van der Waals surface area contributed by atoms with Crippen molar-refractivity contribution in [3.8, 4) is 17.2 Å². The van der Waals surface area contributed by atoms with E-state index in [2.05, 4.69) is 24.0 Å². The highest BCUT2D eigenvalue weighted by Crippen LogP contribution is 2.33. The van der Waals surface area contributed by atoms with Gasteiger partial charge in [0.2, 0.25) is 0 Å². The van der Waals surface area contributed by atoms with Crippen LogP contribution in [0.25, 0.3) is 11.5 Å². The molecule has 22 heavy (non-hydrogen) atoms. The van der Waals surface area contributed by atoms with Crippen molar-refractivity contribution < 1.29 is 13.7 Å². The summed E-state index contributed by atoms with van der Waals surface area (Å²) in [4.78, 5) is 6.10. The van der Waals surface area contributed by atoms with Crippen molar-refractivity contribution in [2.75, 3.05) is 25.1 Å². The molecule has 2 heterocycles. The average molecular weight is 305 g/mol. The third-order valence-electron chi connectivity index (χ3n) is 3.84. The summed E-state index contributed by atoms with van der Waals surface area (Å²) >= 11 is 0. The van der Waals surface area contributed by atoms with Gasteiger partial charge in [-0.2, -0.15) is 4.98 Å². The third-order valence-corrected chi connectivity index (χ3v) is 3.84. The number of nitrogens with zero attached hydrogens (tertiary/aromatic N) is 3. The van der Waals surface area contributed by atoms with Crippen LogP contribution in [-0.4, -0.2) is 36.0 Å². The van der Waals surface area contributed by atoms with E-state index < -0.39 is 5.67 Å². The lowest BCUT2D eigenvalue weighted by molar-refractivity contribution is 0.142. The van der Waals surface area contributed by atoms with E-state index in [1.165, 1.54) is 0 Å². The Labute approximate surface area is 129 Å². The first-order valence-corrected chi connectivity index (χ1v) is 7.35. The Hall–Kier alpha value is -2.11. The van der Waals surface area contributed by atoms with Crippen molar-refractivity contribution in [2.24, 2.45) is 0 Å². The number of benzene rings is 1. The molecule has 3 rings (SSSR count). The van der Waals surface area contributed by atoms with Crippen molar-refractivity contribution >= 4 is 5.95 Å². The summed E-state index contributed by atoms with van der Waals surface area (Å²) in [6, 6.07) is 5.83. The molecule has 0 unspecified atom stereocenters. The second-order valence-corrected chi connectivity index (χ2v) is 6.28. The zero-order chi connectivity index (χ0) is 15.9.